The first kappa shape index (κ1) is 21.2. The zero-order valence-corrected chi connectivity index (χ0v) is 19.0. The number of aromatic nitrogens is 2. The molecule has 1 aromatic heterocycles. The Morgan fingerprint density at radius 1 is 1.24 bits per heavy atom. The Morgan fingerprint density at radius 3 is 2.73 bits per heavy atom. The molecule has 33 heavy (non-hydrogen) atoms. The summed E-state index contributed by atoms with van der Waals surface area (Å²) in [4.78, 5) is 20.9. The van der Waals surface area contributed by atoms with Gasteiger partial charge in [0.05, 0.1) is 34.4 Å². The number of anilines is 3. The molecule has 0 radical (unpaired) electrons. The summed E-state index contributed by atoms with van der Waals surface area (Å²) in [6.45, 7) is 4.03. The highest BCUT2D eigenvalue weighted by Crippen LogP contribution is 2.43. The van der Waals surface area contributed by atoms with Gasteiger partial charge in [0.25, 0.3) is 0 Å². The zero-order valence-electron chi connectivity index (χ0n) is 19.0. The van der Waals surface area contributed by atoms with Crippen LogP contribution in [-0.2, 0) is 11.8 Å². The molecule has 3 aromatic rings. The molecule has 0 spiro atoms. The van der Waals surface area contributed by atoms with E-state index in [2.05, 4.69) is 10.1 Å². The summed E-state index contributed by atoms with van der Waals surface area (Å²) < 4.78 is 16.6. The predicted molar refractivity (Wildman–Crippen MR) is 130 cm³/mol. The quantitative estimate of drug-likeness (QED) is 0.611. The van der Waals surface area contributed by atoms with Gasteiger partial charge in [0.2, 0.25) is 5.91 Å². The lowest BCUT2D eigenvalue weighted by atomic mass is 10.0. The molecule has 1 aliphatic heterocycles. The number of carbonyl (C=O) groups excluding carboxylic acids is 1. The van der Waals surface area contributed by atoms with Crippen molar-refractivity contribution in [2.45, 2.75) is 38.8 Å². The van der Waals surface area contributed by atoms with E-state index >= 15 is 0 Å². The van der Waals surface area contributed by atoms with Crippen molar-refractivity contribution in [2.24, 2.45) is 17.8 Å². The monoisotopic (exact) mass is 446 g/mol. The highest BCUT2D eigenvalue weighted by Gasteiger charge is 2.34. The van der Waals surface area contributed by atoms with Gasteiger partial charge in [-0.3, -0.25) is 14.5 Å². The van der Waals surface area contributed by atoms with Gasteiger partial charge in [-0.2, -0.15) is 5.10 Å². The minimum absolute atomic E-state index is 0.0434. The molecule has 7 nitrogen and oxygen atoms in total. The number of fused-ring (bicyclic) bond motifs is 2. The fourth-order valence-electron chi connectivity index (χ4n) is 4.55. The van der Waals surface area contributed by atoms with Crippen LogP contribution in [-0.4, -0.2) is 40.5 Å². The smallest absolute Gasteiger partial charge is 0.224 e. The lowest BCUT2D eigenvalue weighted by Crippen LogP contribution is -2.48. The van der Waals surface area contributed by atoms with E-state index in [1.165, 1.54) is 6.07 Å². The number of nitrogens with two attached hydrogens (primary N) is 1. The number of halogens is 1. The van der Waals surface area contributed by atoms with Gasteiger partial charge in [-0.25, -0.2) is 4.39 Å². The minimum Gasteiger partial charge on any atom is -0.404 e. The highest BCUT2D eigenvalue weighted by molar-refractivity contribution is 6.11. The van der Waals surface area contributed by atoms with Crippen LogP contribution in [0.5, 0.6) is 0 Å². The first-order chi connectivity index (χ1) is 15.9. The van der Waals surface area contributed by atoms with Gasteiger partial charge in [-0.1, -0.05) is 12.1 Å². The van der Waals surface area contributed by atoms with Crippen LogP contribution in [0.1, 0.15) is 32.3 Å². The highest BCUT2D eigenvalue weighted by atomic mass is 19.1. The number of aryl methyl sites for hydroxylation is 1. The van der Waals surface area contributed by atoms with E-state index in [9.17, 15) is 9.18 Å². The first-order valence-corrected chi connectivity index (χ1v) is 11.2. The largest absolute Gasteiger partial charge is 0.404 e. The van der Waals surface area contributed by atoms with Crippen LogP contribution in [0.4, 0.5) is 21.6 Å². The first-order valence-electron chi connectivity index (χ1n) is 11.2. The second kappa shape index (κ2) is 8.03. The summed E-state index contributed by atoms with van der Waals surface area (Å²) in [7, 11) is 1.81. The minimum atomic E-state index is -0.325. The maximum Gasteiger partial charge on any atom is 0.224 e. The summed E-state index contributed by atoms with van der Waals surface area (Å²) in [5, 5.41) is 5.14. The van der Waals surface area contributed by atoms with Crippen LogP contribution >= 0.6 is 0 Å². The molecule has 0 bridgehead atoms. The molecule has 1 saturated carbocycles. The number of rotatable bonds is 4. The molecule has 5 rings (SSSR count). The van der Waals surface area contributed by atoms with Crippen molar-refractivity contribution in [1.82, 2.24) is 9.78 Å². The summed E-state index contributed by atoms with van der Waals surface area (Å²) in [5.41, 5.74) is 9.86. The molecule has 2 N–H and O–H groups in total. The van der Waals surface area contributed by atoms with Gasteiger partial charge in [0, 0.05) is 38.5 Å². The van der Waals surface area contributed by atoms with Crippen molar-refractivity contribution < 1.29 is 9.18 Å². The predicted octanol–water partition coefficient (Wildman–Crippen LogP) is 4.14. The van der Waals surface area contributed by atoms with Crippen LogP contribution in [0.2, 0.25) is 0 Å². The second-order valence-electron chi connectivity index (χ2n) is 8.76. The van der Waals surface area contributed by atoms with Gasteiger partial charge in [0.15, 0.2) is 5.82 Å². The molecule has 2 heterocycles. The van der Waals surface area contributed by atoms with Gasteiger partial charge in [0.1, 0.15) is 5.82 Å². The zero-order chi connectivity index (χ0) is 23.3. The number of amides is 1. The summed E-state index contributed by atoms with van der Waals surface area (Å²) in [6.07, 6.45) is 5.57. The van der Waals surface area contributed by atoms with Gasteiger partial charge in [-0.05, 0) is 49.6 Å². The average molecular weight is 447 g/mol. The molecule has 1 atom stereocenters. The third-order valence-corrected chi connectivity index (χ3v) is 6.30. The summed E-state index contributed by atoms with van der Waals surface area (Å²) >= 11 is 0. The topological polar surface area (TPSA) is 79.8 Å². The molecule has 1 amide bonds. The lowest BCUT2D eigenvalue weighted by molar-refractivity contribution is -0.117. The molecular formula is C25H27FN6O. The van der Waals surface area contributed by atoms with E-state index in [-0.39, 0.29) is 17.8 Å². The molecule has 2 aliphatic rings. The number of hydrogen-bond acceptors (Lipinski definition) is 5. The summed E-state index contributed by atoms with van der Waals surface area (Å²) in [6, 6.07) is 11.1. The van der Waals surface area contributed by atoms with E-state index in [0.717, 1.165) is 35.4 Å². The number of benzene rings is 2. The SMILES string of the molecule is CC(=O)N1c2ccc(/C(C=NC3CC3)=C/N)cc2N(c2nn(C)c3cccc(F)c23)C[C@@H]1C. The maximum absolute atomic E-state index is 14.9. The van der Waals surface area contributed by atoms with Crippen molar-refractivity contribution >= 4 is 45.8 Å². The molecule has 0 unspecified atom stereocenters. The Morgan fingerprint density at radius 2 is 2.03 bits per heavy atom. The van der Waals surface area contributed by atoms with Crippen molar-refractivity contribution in [1.29, 1.82) is 0 Å². The number of aliphatic imine (C=N–C) groups is 1. The lowest BCUT2D eigenvalue weighted by Gasteiger charge is -2.41. The Labute approximate surface area is 192 Å². The molecule has 170 valence electrons. The van der Waals surface area contributed by atoms with Gasteiger partial charge in [-0.15, -0.1) is 0 Å². The van der Waals surface area contributed by atoms with Gasteiger partial charge >= 0.3 is 0 Å². The fourth-order valence-corrected chi connectivity index (χ4v) is 4.55. The molecule has 2 aromatic carbocycles. The summed E-state index contributed by atoms with van der Waals surface area (Å²) in [5.74, 6) is 0.163. The van der Waals surface area contributed by atoms with Crippen molar-refractivity contribution in [3.63, 3.8) is 0 Å². The Bertz CT molecular complexity index is 1310. The third kappa shape index (κ3) is 3.65. The Hall–Kier alpha value is -3.68. The second-order valence-corrected chi connectivity index (χ2v) is 8.76. The fraction of sp³-hybridized carbons (Fsp3) is 0.320. The van der Waals surface area contributed by atoms with Crippen LogP contribution in [0, 0.1) is 5.82 Å². The maximum atomic E-state index is 14.9. The number of nitrogens with zero attached hydrogens (tertiary/aromatic N) is 5. The number of carbonyl (C=O) groups is 1. The molecular weight excluding hydrogens is 419 g/mol. The van der Waals surface area contributed by atoms with Crippen LogP contribution in [0.3, 0.4) is 0 Å². The average Bonchev–Trinajstić information content (AvgIpc) is 3.55. The molecule has 1 fully saturated rings. The standard InChI is InChI=1S/C25H27FN6O/c1-15-14-31(25-24-20(26)5-4-6-22(24)30(3)29-25)23-11-17(7-10-21(23)32(15)16(2)33)18(12-27)13-28-19-8-9-19/h4-7,10-13,15,19H,8-9,14,27H2,1-3H3/b18-12+,28-13?/t15-/m0/s1. The van der Waals surface area contributed by atoms with Crippen LogP contribution < -0.4 is 15.5 Å². The van der Waals surface area contributed by atoms with E-state index in [0.29, 0.717) is 29.3 Å². The van der Waals surface area contributed by atoms with E-state index in [1.807, 2.05) is 49.4 Å². The van der Waals surface area contributed by atoms with Crippen molar-refractivity contribution in [3.8, 4) is 0 Å². The number of allylic oxidation sites excluding steroid dienone is 1. The Kier molecular flexibility index (Phi) is 5.15. The molecule has 1 aliphatic carbocycles. The molecule has 8 heteroatoms. The van der Waals surface area contributed by atoms with Crippen molar-refractivity contribution in [3.05, 3.63) is 54.0 Å². The van der Waals surface area contributed by atoms with Gasteiger partial charge < -0.3 is 15.5 Å². The van der Waals surface area contributed by atoms with E-state index in [1.54, 1.807) is 28.8 Å². The third-order valence-electron chi connectivity index (χ3n) is 6.30. The number of hydrogen-bond donors (Lipinski definition) is 1. The van der Waals surface area contributed by atoms with Crippen molar-refractivity contribution in [2.75, 3.05) is 16.3 Å². The van der Waals surface area contributed by atoms with Crippen LogP contribution in [0.25, 0.3) is 16.5 Å². The normalized spacial score (nSPS) is 18.9. The Balaban J connectivity index is 1.69. The molecule has 0 saturated heterocycles. The van der Waals surface area contributed by atoms with E-state index in [4.69, 9.17) is 5.73 Å². The van der Waals surface area contributed by atoms with E-state index < -0.39 is 0 Å². The van der Waals surface area contributed by atoms with Crippen LogP contribution in [0.15, 0.2) is 47.6 Å².